The minimum atomic E-state index is -0.0233. The number of anilines is 1. The molecular weight excluding hydrogens is 360 g/mol. The van der Waals surface area contributed by atoms with Gasteiger partial charge in [0, 0.05) is 25.2 Å². The van der Waals surface area contributed by atoms with E-state index in [1.54, 1.807) is 0 Å². The van der Waals surface area contributed by atoms with Crippen LogP contribution in [0.4, 0.5) is 5.82 Å². The van der Waals surface area contributed by atoms with Gasteiger partial charge in [0.05, 0.1) is 11.6 Å². The first kappa shape index (κ1) is 19.1. The minimum Gasteiger partial charge on any atom is -0.354 e. The summed E-state index contributed by atoms with van der Waals surface area (Å²) in [6.45, 7) is 4.22. The van der Waals surface area contributed by atoms with E-state index in [0.717, 1.165) is 42.0 Å². The van der Waals surface area contributed by atoms with Crippen LogP contribution in [0.3, 0.4) is 0 Å². The molecule has 5 heteroatoms. The van der Waals surface area contributed by atoms with Crippen LogP contribution in [0.5, 0.6) is 0 Å². The summed E-state index contributed by atoms with van der Waals surface area (Å²) in [6, 6.07) is 22.3. The second kappa shape index (κ2) is 8.86. The average molecular weight is 386 g/mol. The molecule has 1 N–H and O–H groups in total. The highest BCUT2D eigenvalue weighted by Gasteiger charge is 2.26. The average Bonchev–Trinajstić information content (AvgIpc) is 2.79. The zero-order valence-electron chi connectivity index (χ0n) is 16.7. The van der Waals surface area contributed by atoms with E-state index in [1.807, 2.05) is 42.5 Å². The van der Waals surface area contributed by atoms with E-state index in [9.17, 15) is 4.79 Å². The first-order valence-electron chi connectivity index (χ1n) is 10.2. The number of nitrogens with one attached hydrogen (secondary N) is 1. The second-order valence-electron chi connectivity index (χ2n) is 7.63. The Kier molecular flexibility index (Phi) is 5.84. The molecule has 0 radical (unpaired) electrons. The Labute approximate surface area is 171 Å². The van der Waals surface area contributed by atoms with Crippen molar-refractivity contribution in [3.05, 3.63) is 77.9 Å². The van der Waals surface area contributed by atoms with Gasteiger partial charge in [-0.25, -0.2) is 0 Å². The van der Waals surface area contributed by atoms with Gasteiger partial charge in [0.1, 0.15) is 0 Å². The predicted octanol–water partition coefficient (Wildman–Crippen LogP) is 3.98. The van der Waals surface area contributed by atoms with Crippen LogP contribution >= 0.6 is 0 Å². The van der Waals surface area contributed by atoms with Crippen molar-refractivity contribution in [3.8, 4) is 11.3 Å². The molecule has 1 aliphatic rings. The molecule has 29 heavy (non-hydrogen) atoms. The van der Waals surface area contributed by atoms with Gasteiger partial charge in [-0.3, -0.25) is 4.79 Å². The predicted molar refractivity (Wildman–Crippen MR) is 115 cm³/mol. The molecule has 2 heterocycles. The zero-order valence-corrected chi connectivity index (χ0v) is 16.7. The number of carbonyl (C=O) groups is 1. The summed E-state index contributed by atoms with van der Waals surface area (Å²) in [4.78, 5) is 14.8. The highest BCUT2D eigenvalue weighted by molar-refractivity contribution is 5.79. The van der Waals surface area contributed by atoms with Crippen molar-refractivity contribution in [2.75, 3.05) is 18.0 Å². The van der Waals surface area contributed by atoms with Crippen LogP contribution in [0.25, 0.3) is 11.3 Å². The first-order chi connectivity index (χ1) is 14.2. The van der Waals surface area contributed by atoms with Gasteiger partial charge in [0.25, 0.3) is 0 Å². The van der Waals surface area contributed by atoms with E-state index in [-0.39, 0.29) is 11.8 Å². The fourth-order valence-electron chi connectivity index (χ4n) is 3.70. The lowest BCUT2D eigenvalue weighted by Crippen LogP contribution is -2.43. The van der Waals surface area contributed by atoms with Gasteiger partial charge in [-0.15, -0.1) is 10.2 Å². The molecule has 1 aromatic heterocycles. The highest BCUT2D eigenvalue weighted by Crippen LogP contribution is 2.23. The number of rotatable bonds is 5. The third-order valence-corrected chi connectivity index (χ3v) is 5.42. The molecule has 0 bridgehead atoms. The summed E-state index contributed by atoms with van der Waals surface area (Å²) in [5, 5.41) is 11.9. The largest absolute Gasteiger partial charge is 0.354 e. The Balaban J connectivity index is 1.36. The number of piperidine rings is 1. The minimum absolute atomic E-state index is 0.0233. The molecule has 3 aromatic rings. The monoisotopic (exact) mass is 386 g/mol. The smallest absolute Gasteiger partial charge is 0.225 e. The van der Waals surface area contributed by atoms with Crippen LogP contribution in [0.2, 0.25) is 0 Å². The Bertz CT molecular complexity index is 939. The number of nitrogens with zero attached hydrogens (tertiary/aromatic N) is 3. The fraction of sp³-hybridized carbons (Fsp3) is 0.292. The van der Waals surface area contributed by atoms with Gasteiger partial charge in [0.15, 0.2) is 5.82 Å². The molecule has 1 amide bonds. The van der Waals surface area contributed by atoms with E-state index in [4.69, 9.17) is 0 Å². The van der Waals surface area contributed by atoms with Crippen LogP contribution in [0, 0.1) is 12.8 Å². The Morgan fingerprint density at radius 1 is 1.03 bits per heavy atom. The summed E-state index contributed by atoms with van der Waals surface area (Å²) in [5.74, 6) is 0.926. The highest BCUT2D eigenvalue weighted by atomic mass is 16.1. The lowest BCUT2D eigenvalue weighted by molar-refractivity contribution is -0.125. The molecule has 4 rings (SSSR count). The van der Waals surface area contributed by atoms with Gasteiger partial charge < -0.3 is 10.2 Å². The molecule has 2 aromatic carbocycles. The molecule has 1 fully saturated rings. The second-order valence-corrected chi connectivity index (χ2v) is 7.63. The molecule has 0 saturated carbocycles. The molecule has 1 unspecified atom stereocenters. The Hall–Kier alpha value is -3.21. The number of aromatic nitrogens is 2. The molecule has 148 valence electrons. The van der Waals surface area contributed by atoms with Crippen LogP contribution < -0.4 is 10.2 Å². The number of hydrogen-bond donors (Lipinski definition) is 1. The molecule has 0 aliphatic carbocycles. The number of carbonyl (C=O) groups excluding carboxylic acids is 1. The maximum atomic E-state index is 12.7. The van der Waals surface area contributed by atoms with Gasteiger partial charge in [-0.05, 0) is 37.5 Å². The Morgan fingerprint density at radius 3 is 2.55 bits per heavy atom. The summed E-state index contributed by atoms with van der Waals surface area (Å²) in [6.07, 6.45) is 1.89. The van der Waals surface area contributed by atoms with E-state index < -0.39 is 0 Å². The lowest BCUT2D eigenvalue weighted by Gasteiger charge is -2.32. The number of amides is 1. The molecule has 1 saturated heterocycles. The summed E-state index contributed by atoms with van der Waals surface area (Å²) >= 11 is 0. The van der Waals surface area contributed by atoms with Gasteiger partial charge in [-0.1, -0.05) is 60.2 Å². The molecular formula is C24H26N4O. The third kappa shape index (κ3) is 4.80. The maximum Gasteiger partial charge on any atom is 0.225 e. The quantitative estimate of drug-likeness (QED) is 0.720. The number of benzene rings is 2. The van der Waals surface area contributed by atoms with Crippen molar-refractivity contribution in [1.29, 1.82) is 0 Å². The first-order valence-corrected chi connectivity index (χ1v) is 10.2. The van der Waals surface area contributed by atoms with Gasteiger partial charge in [0.2, 0.25) is 5.91 Å². The van der Waals surface area contributed by atoms with Crippen molar-refractivity contribution in [2.24, 2.45) is 5.92 Å². The third-order valence-electron chi connectivity index (χ3n) is 5.42. The van der Waals surface area contributed by atoms with Crippen molar-refractivity contribution in [3.63, 3.8) is 0 Å². The number of hydrogen-bond acceptors (Lipinski definition) is 4. The van der Waals surface area contributed by atoms with Crippen molar-refractivity contribution < 1.29 is 4.79 Å². The fourth-order valence-corrected chi connectivity index (χ4v) is 3.70. The normalized spacial score (nSPS) is 16.4. The molecule has 0 spiro atoms. The van der Waals surface area contributed by atoms with E-state index in [2.05, 4.69) is 51.6 Å². The maximum absolute atomic E-state index is 12.7. The summed E-state index contributed by atoms with van der Waals surface area (Å²) in [5.41, 5.74) is 4.26. The van der Waals surface area contributed by atoms with Crippen molar-refractivity contribution >= 4 is 11.7 Å². The van der Waals surface area contributed by atoms with E-state index >= 15 is 0 Å². The topological polar surface area (TPSA) is 58.1 Å². The standard InChI is InChI=1S/C24H26N4O/c1-18-9-11-19(12-10-18)16-25-24(29)21-8-5-15-28(17-21)23-14-13-22(26-27-23)20-6-3-2-4-7-20/h2-4,6-7,9-14,21H,5,8,15-17H2,1H3,(H,25,29). The molecule has 5 nitrogen and oxygen atoms in total. The van der Waals surface area contributed by atoms with Crippen molar-refractivity contribution in [1.82, 2.24) is 15.5 Å². The molecule has 1 aliphatic heterocycles. The Morgan fingerprint density at radius 2 is 1.83 bits per heavy atom. The van der Waals surface area contributed by atoms with E-state index in [1.165, 1.54) is 5.56 Å². The summed E-state index contributed by atoms with van der Waals surface area (Å²) < 4.78 is 0. The van der Waals surface area contributed by atoms with Crippen molar-refractivity contribution in [2.45, 2.75) is 26.3 Å². The van der Waals surface area contributed by atoms with Crippen LogP contribution in [0.15, 0.2) is 66.7 Å². The summed E-state index contributed by atoms with van der Waals surface area (Å²) in [7, 11) is 0. The molecule has 1 atom stereocenters. The van der Waals surface area contributed by atoms with E-state index in [0.29, 0.717) is 13.1 Å². The van der Waals surface area contributed by atoms with Gasteiger partial charge in [-0.2, -0.15) is 0 Å². The SMILES string of the molecule is Cc1ccc(CNC(=O)C2CCCN(c3ccc(-c4ccccc4)nn3)C2)cc1. The van der Waals surface area contributed by atoms with Crippen LogP contribution in [-0.2, 0) is 11.3 Å². The zero-order chi connectivity index (χ0) is 20.1. The number of aryl methyl sites for hydroxylation is 1. The van der Waals surface area contributed by atoms with Crippen LogP contribution in [-0.4, -0.2) is 29.2 Å². The van der Waals surface area contributed by atoms with Crippen LogP contribution in [0.1, 0.15) is 24.0 Å². The van der Waals surface area contributed by atoms with Gasteiger partial charge >= 0.3 is 0 Å². The lowest BCUT2D eigenvalue weighted by atomic mass is 9.97.